The lowest BCUT2D eigenvalue weighted by atomic mass is 10.3. The van der Waals surface area contributed by atoms with Gasteiger partial charge in [-0.15, -0.1) is 11.3 Å². The molecule has 0 fully saturated rings. The summed E-state index contributed by atoms with van der Waals surface area (Å²) in [6, 6.07) is 0. The van der Waals surface area contributed by atoms with E-state index < -0.39 is 6.10 Å². The Morgan fingerprint density at radius 2 is 2.47 bits per heavy atom. The third-order valence-electron chi connectivity index (χ3n) is 2.55. The van der Waals surface area contributed by atoms with Crippen LogP contribution in [-0.4, -0.2) is 45.0 Å². The molecule has 5 nitrogen and oxygen atoms in total. The molecule has 19 heavy (non-hydrogen) atoms. The predicted molar refractivity (Wildman–Crippen MR) is 76.4 cm³/mol. The first-order valence-corrected chi connectivity index (χ1v) is 6.97. The van der Waals surface area contributed by atoms with Crippen LogP contribution in [0, 0.1) is 0 Å². The largest absolute Gasteiger partial charge is 0.392 e. The molecule has 2 aromatic heterocycles. The van der Waals surface area contributed by atoms with E-state index in [1.165, 1.54) is 22.3 Å². The van der Waals surface area contributed by atoms with Crippen molar-refractivity contribution >= 4 is 39.9 Å². The Bertz CT molecular complexity index is 618. The van der Waals surface area contributed by atoms with Crippen LogP contribution in [0.1, 0.15) is 12.6 Å². The van der Waals surface area contributed by atoms with Crippen molar-refractivity contribution in [3.63, 3.8) is 0 Å². The Kier molecular flexibility index (Phi) is 4.24. The van der Waals surface area contributed by atoms with E-state index in [9.17, 15) is 9.90 Å². The SMILES string of the molecule is CC(O)CN(C)C(=O)C=Cc1c(Cl)nc2sccn12. The van der Waals surface area contributed by atoms with Gasteiger partial charge < -0.3 is 10.0 Å². The molecule has 0 saturated carbocycles. The smallest absolute Gasteiger partial charge is 0.246 e. The van der Waals surface area contributed by atoms with Crippen LogP contribution in [0.4, 0.5) is 0 Å². The molecular weight excluding hydrogens is 286 g/mol. The number of carbonyl (C=O) groups excluding carboxylic acids is 1. The second-order valence-electron chi connectivity index (χ2n) is 4.24. The summed E-state index contributed by atoms with van der Waals surface area (Å²) >= 11 is 7.49. The Hall–Kier alpha value is -1.37. The van der Waals surface area contributed by atoms with Gasteiger partial charge >= 0.3 is 0 Å². The molecule has 0 aliphatic carbocycles. The van der Waals surface area contributed by atoms with Crippen molar-refractivity contribution in [1.29, 1.82) is 0 Å². The normalized spacial score (nSPS) is 13.3. The highest BCUT2D eigenvalue weighted by Gasteiger charge is 2.11. The van der Waals surface area contributed by atoms with Crippen LogP contribution in [0.5, 0.6) is 0 Å². The number of rotatable bonds is 4. The maximum atomic E-state index is 11.8. The lowest BCUT2D eigenvalue weighted by molar-refractivity contribution is -0.125. The molecule has 0 saturated heterocycles. The van der Waals surface area contributed by atoms with Crippen molar-refractivity contribution in [3.8, 4) is 0 Å². The molecule has 2 rings (SSSR count). The van der Waals surface area contributed by atoms with Crippen molar-refractivity contribution in [1.82, 2.24) is 14.3 Å². The first-order chi connectivity index (χ1) is 8.99. The monoisotopic (exact) mass is 299 g/mol. The molecule has 1 unspecified atom stereocenters. The number of fused-ring (bicyclic) bond motifs is 1. The number of halogens is 1. The molecule has 7 heteroatoms. The molecule has 0 aliphatic heterocycles. The fourth-order valence-electron chi connectivity index (χ4n) is 1.69. The van der Waals surface area contributed by atoms with Gasteiger partial charge in [0.1, 0.15) is 0 Å². The van der Waals surface area contributed by atoms with Crippen LogP contribution in [-0.2, 0) is 4.79 Å². The molecule has 1 amide bonds. The zero-order chi connectivity index (χ0) is 14.0. The second-order valence-corrected chi connectivity index (χ2v) is 5.48. The van der Waals surface area contributed by atoms with Gasteiger partial charge in [-0.25, -0.2) is 4.98 Å². The van der Waals surface area contributed by atoms with Gasteiger partial charge in [0.25, 0.3) is 0 Å². The van der Waals surface area contributed by atoms with Gasteiger partial charge in [-0.2, -0.15) is 0 Å². The van der Waals surface area contributed by atoms with Crippen LogP contribution in [0.2, 0.25) is 5.15 Å². The van der Waals surface area contributed by atoms with Crippen molar-refractivity contribution in [2.75, 3.05) is 13.6 Å². The van der Waals surface area contributed by atoms with Crippen molar-refractivity contribution in [2.45, 2.75) is 13.0 Å². The average Bonchev–Trinajstić information content (AvgIpc) is 2.86. The van der Waals surface area contributed by atoms with Crippen LogP contribution >= 0.6 is 22.9 Å². The summed E-state index contributed by atoms with van der Waals surface area (Å²) < 4.78 is 1.82. The van der Waals surface area contributed by atoms with Crippen LogP contribution in [0.25, 0.3) is 11.0 Å². The van der Waals surface area contributed by atoms with E-state index in [0.29, 0.717) is 10.8 Å². The zero-order valence-electron chi connectivity index (χ0n) is 10.6. The summed E-state index contributed by atoms with van der Waals surface area (Å²) in [6.07, 6.45) is 4.36. The molecule has 0 aliphatic rings. The molecule has 0 radical (unpaired) electrons. The number of imidazole rings is 1. The molecule has 2 heterocycles. The minimum Gasteiger partial charge on any atom is -0.392 e. The quantitative estimate of drug-likeness (QED) is 0.877. The molecule has 0 aromatic carbocycles. The highest BCUT2D eigenvalue weighted by atomic mass is 35.5. The summed E-state index contributed by atoms with van der Waals surface area (Å²) in [7, 11) is 1.64. The maximum Gasteiger partial charge on any atom is 0.246 e. The van der Waals surface area contributed by atoms with Crippen LogP contribution in [0.15, 0.2) is 17.7 Å². The van der Waals surface area contributed by atoms with E-state index in [0.717, 1.165) is 4.96 Å². The van der Waals surface area contributed by atoms with Crippen LogP contribution in [0.3, 0.4) is 0 Å². The van der Waals surface area contributed by atoms with E-state index >= 15 is 0 Å². The van der Waals surface area contributed by atoms with Crippen molar-refractivity contribution in [3.05, 3.63) is 28.5 Å². The highest BCUT2D eigenvalue weighted by molar-refractivity contribution is 7.15. The van der Waals surface area contributed by atoms with Gasteiger partial charge in [0.05, 0.1) is 11.8 Å². The highest BCUT2D eigenvalue weighted by Crippen LogP contribution is 2.22. The number of carbonyl (C=O) groups is 1. The summed E-state index contributed by atoms with van der Waals surface area (Å²) in [4.78, 5) is 18.2. The second kappa shape index (κ2) is 5.73. The zero-order valence-corrected chi connectivity index (χ0v) is 12.1. The fraction of sp³-hybridized carbons (Fsp3) is 0.333. The third kappa shape index (κ3) is 3.15. The van der Waals surface area contributed by atoms with E-state index in [1.54, 1.807) is 20.0 Å². The Morgan fingerprint density at radius 1 is 1.74 bits per heavy atom. The number of likely N-dealkylation sites (N-methyl/N-ethyl adjacent to an activating group) is 1. The molecule has 2 aromatic rings. The third-order valence-corrected chi connectivity index (χ3v) is 3.59. The molecule has 1 atom stereocenters. The van der Waals surface area contributed by atoms with E-state index in [1.807, 2.05) is 16.0 Å². The standard InChI is InChI=1S/C12H14ClN3O2S/c1-8(17)7-15(2)10(18)4-3-9-11(13)14-12-16(9)5-6-19-12/h3-6,8,17H,7H2,1-2H3. The number of thiazole rings is 1. The summed E-state index contributed by atoms with van der Waals surface area (Å²) in [5, 5.41) is 11.5. The lowest BCUT2D eigenvalue weighted by Crippen LogP contribution is -2.31. The van der Waals surface area contributed by atoms with E-state index in [-0.39, 0.29) is 12.5 Å². The minimum absolute atomic E-state index is 0.192. The van der Waals surface area contributed by atoms with E-state index in [4.69, 9.17) is 11.6 Å². The Balaban J connectivity index is 2.16. The predicted octanol–water partition coefficient (Wildman–Crippen LogP) is 1.90. The minimum atomic E-state index is -0.551. The summed E-state index contributed by atoms with van der Waals surface area (Å²) in [6.45, 7) is 1.92. The maximum absolute atomic E-state index is 11.8. The number of aliphatic hydroxyl groups excluding tert-OH is 1. The van der Waals surface area contributed by atoms with Gasteiger partial charge in [-0.05, 0) is 13.0 Å². The first-order valence-electron chi connectivity index (χ1n) is 5.71. The van der Waals surface area contributed by atoms with Crippen molar-refractivity contribution in [2.24, 2.45) is 0 Å². The van der Waals surface area contributed by atoms with Gasteiger partial charge in [0.15, 0.2) is 10.1 Å². The molecule has 0 bridgehead atoms. The summed E-state index contributed by atoms with van der Waals surface area (Å²) in [5.74, 6) is -0.192. The van der Waals surface area contributed by atoms with Crippen molar-refractivity contribution < 1.29 is 9.90 Å². The number of nitrogens with zero attached hydrogens (tertiary/aromatic N) is 3. The van der Waals surface area contributed by atoms with Crippen LogP contribution < -0.4 is 0 Å². The first kappa shape index (κ1) is 14.0. The lowest BCUT2D eigenvalue weighted by Gasteiger charge is -2.16. The van der Waals surface area contributed by atoms with Gasteiger partial charge in [0, 0.05) is 31.2 Å². The molecular formula is C12H14ClN3O2S. The number of amides is 1. The van der Waals surface area contributed by atoms with Gasteiger partial charge in [0.2, 0.25) is 5.91 Å². The number of hydrogen-bond donors (Lipinski definition) is 1. The van der Waals surface area contributed by atoms with Gasteiger partial charge in [-0.3, -0.25) is 9.20 Å². The number of aromatic nitrogens is 2. The van der Waals surface area contributed by atoms with E-state index in [2.05, 4.69) is 4.98 Å². The fourth-order valence-corrected chi connectivity index (χ4v) is 2.69. The summed E-state index contributed by atoms with van der Waals surface area (Å²) in [5.41, 5.74) is 0.678. The molecule has 1 N–H and O–H groups in total. The topological polar surface area (TPSA) is 57.8 Å². The Labute approximate surface area is 119 Å². The average molecular weight is 300 g/mol. The molecule has 102 valence electrons. The number of hydrogen-bond acceptors (Lipinski definition) is 4. The number of aliphatic hydroxyl groups is 1. The van der Waals surface area contributed by atoms with Gasteiger partial charge in [-0.1, -0.05) is 11.6 Å². The Morgan fingerprint density at radius 3 is 3.16 bits per heavy atom. The molecule has 0 spiro atoms.